The number of hydrogen-bond donors (Lipinski definition) is 1. The normalized spacial score (nSPS) is 11.9. The van der Waals surface area contributed by atoms with Crippen LogP contribution in [-0.4, -0.2) is 33.8 Å². The van der Waals surface area contributed by atoms with Gasteiger partial charge in [0.1, 0.15) is 0 Å². The fourth-order valence-electron chi connectivity index (χ4n) is 2.51. The van der Waals surface area contributed by atoms with Gasteiger partial charge in [0.15, 0.2) is 5.16 Å². The highest BCUT2D eigenvalue weighted by Crippen LogP contribution is 2.25. The van der Waals surface area contributed by atoms with Gasteiger partial charge in [0.25, 0.3) is 5.56 Å². The van der Waals surface area contributed by atoms with Gasteiger partial charge in [-0.2, -0.15) is 0 Å². The van der Waals surface area contributed by atoms with E-state index in [9.17, 15) is 14.4 Å². The van der Waals surface area contributed by atoms with Gasteiger partial charge in [-0.1, -0.05) is 30.0 Å². The maximum Gasteiger partial charge on any atom is 0.337 e. The van der Waals surface area contributed by atoms with Gasteiger partial charge < -0.3 is 10.5 Å². The number of primary amides is 1. The third kappa shape index (κ3) is 3.70. The minimum Gasteiger partial charge on any atom is -0.465 e. The fraction of sp³-hybridized carbons (Fsp3) is 0.158. The zero-order valence-electron chi connectivity index (χ0n) is 14.7. The lowest BCUT2D eigenvalue weighted by atomic mass is 10.1. The van der Waals surface area contributed by atoms with E-state index in [4.69, 9.17) is 10.5 Å². The Morgan fingerprint density at radius 2 is 1.89 bits per heavy atom. The minimum atomic E-state index is -0.590. The van der Waals surface area contributed by atoms with E-state index in [1.807, 2.05) is 6.07 Å². The Morgan fingerprint density at radius 3 is 2.52 bits per heavy atom. The molecule has 138 valence electrons. The molecule has 2 N–H and O–H groups in total. The topological polar surface area (TPSA) is 104 Å². The van der Waals surface area contributed by atoms with E-state index in [1.54, 1.807) is 37.3 Å². The summed E-state index contributed by atoms with van der Waals surface area (Å²) < 4.78 is 6.15. The fourth-order valence-corrected chi connectivity index (χ4v) is 3.39. The third-order valence-electron chi connectivity index (χ3n) is 3.96. The highest BCUT2D eigenvalue weighted by molar-refractivity contribution is 8.00. The standard InChI is InChI=1S/C19H17N3O4S/c1-11(16(20)23)27-19-21-15-10-12(18(25)26-2)8-9-14(15)17(24)22(19)13-6-4-3-5-7-13/h3-11H,1-2H3,(H2,20,23)/t11-/m1/s1. The number of carbonyl (C=O) groups is 2. The summed E-state index contributed by atoms with van der Waals surface area (Å²) in [5.74, 6) is -1.04. The molecule has 0 saturated carbocycles. The SMILES string of the molecule is COC(=O)c1ccc2c(=O)n(-c3ccccc3)c(S[C@H](C)C(N)=O)nc2c1. The summed E-state index contributed by atoms with van der Waals surface area (Å²) in [4.78, 5) is 40.9. The lowest BCUT2D eigenvalue weighted by Crippen LogP contribution is -2.26. The van der Waals surface area contributed by atoms with Gasteiger partial charge in [0.05, 0.1) is 34.5 Å². The second kappa shape index (κ2) is 7.63. The number of benzene rings is 2. The van der Waals surface area contributed by atoms with E-state index in [0.717, 1.165) is 11.8 Å². The zero-order valence-corrected chi connectivity index (χ0v) is 15.5. The molecule has 0 bridgehead atoms. The van der Waals surface area contributed by atoms with Crippen molar-refractivity contribution in [2.45, 2.75) is 17.3 Å². The van der Waals surface area contributed by atoms with Crippen molar-refractivity contribution in [2.24, 2.45) is 5.73 Å². The Morgan fingerprint density at radius 1 is 1.19 bits per heavy atom. The number of methoxy groups -OCH3 is 1. The van der Waals surface area contributed by atoms with Crippen molar-refractivity contribution in [3.63, 3.8) is 0 Å². The molecule has 0 aliphatic rings. The van der Waals surface area contributed by atoms with Crippen LogP contribution in [0.4, 0.5) is 0 Å². The van der Waals surface area contributed by atoms with Gasteiger partial charge in [0, 0.05) is 0 Å². The molecule has 0 aliphatic heterocycles. The van der Waals surface area contributed by atoms with Crippen LogP contribution in [0.25, 0.3) is 16.6 Å². The van der Waals surface area contributed by atoms with Crippen LogP contribution in [0.2, 0.25) is 0 Å². The average molecular weight is 383 g/mol. The summed E-state index contributed by atoms with van der Waals surface area (Å²) in [5, 5.41) is 0.0719. The summed E-state index contributed by atoms with van der Waals surface area (Å²) in [5.41, 5.74) is 6.31. The van der Waals surface area contributed by atoms with Crippen molar-refractivity contribution < 1.29 is 14.3 Å². The number of amides is 1. The van der Waals surface area contributed by atoms with Crippen LogP contribution < -0.4 is 11.3 Å². The van der Waals surface area contributed by atoms with Crippen LogP contribution in [-0.2, 0) is 9.53 Å². The third-order valence-corrected chi connectivity index (χ3v) is 5.03. The van der Waals surface area contributed by atoms with Crippen LogP contribution in [0.3, 0.4) is 0 Å². The first kappa shape index (κ1) is 18.7. The quantitative estimate of drug-likeness (QED) is 0.411. The Balaban J connectivity index is 2.27. The summed E-state index contributed by atoms with van der Waals surface area (Å²) in [6.45, 7) is 1.64. The molecule has 0 aliphatic carbocycles. The van der Waals surface area contributed by atoms with Crippen molar-refractivity contribution in [2.75, 3.05) is 7.11 Å². The van der Waals surface area contributed by atoms with E-state index < -0.39 is 17.1 Å². The summed E-state index contributed by atoms with van der Waals surface area (Å²) in [6.07, 6.45) is 0. The van der Waals surface area contributed by atoms with E-state index >= 15 is 0 Å². The molecule has 1 aromatic heterocycles. The highest BCUT2D eigenvalue weighted by atomic mass is 32.2. The molecule has 0 unspecified atom stereocenters. The number of aromatic nitrogens is 2. The van der Waals surface area contributed by atoms with Gasteiger partial charge in [-0.15, -0.1) is 0 Å². The van der Waals surface area contributed by atoms with E-state index in [1.165, 1.54) is 23.8 Å². The molecule has 0 spiro atoms. The number of nitrogens with two attached hydrogens (primary N) is 1. The molecular formula is C19H17N3O4S. The largest absolute Gasteiger partial charge is 0.465 e. The van der Waals surface area contributed by atoms with Crippen molar-refractivity contribution in [3.8, 4) is 5.69 Å². The number of fused-ring (bicyclic) bond motifs is 1. The number of nitrogens with zero attached hydrogens (tertiary/aromatic N) is 2. The molecule has 3 rings (SSSR count). The van der Waals surface area contributed by atoms with Gasteiger partial charge >= 0.3 is 5.97 Å². The number of rotatable bonds is 5. The average Bonchev–Trinajstić information content (AvgIpc) is 2.67. The molecule has 0 saturated heterocycles. The molecular weight excluding hydrogens is 366 g/mol. The maximum absolute atomic E-state index is 13.1. The Kier molecular flexibility index (Phi) is 5.27. The van der Waals surface area contributed by atoms with Gasteiger partial charge in [-0.25, -0.2) is 9.78 Å². The van der Waals surface area contributed by atoms with Crippen LogP contribution in [0.5, 0.6) is 0 Å². The minimum absolute atomic E-state index is 0.285. The molecule has 1 amide bonds. The second-order valence-corrected chi connectivity index (χ2v) is 7.06. The number of carbonyl (C=O) groups excluding carboxylic acids is 2. The van der Waals surface area contributed by atoms with Crippen molar-refractivity contribution in [1.82, 2.24) is 9.55 Å². The molecule has 3 aromatic rings. The molecule has 7 nitrogen and oxygen atoms in total. The smallest absolute Gasteiger partial charge is 0.337 e. The number of hydrogen-bond acceptors (Lipinski definition) is 6. The van der Waals surface area contributed by atoms with Crippen LogP contribution in [0.15, 0.2) is 58.5 Å². The molecule has 8 heteroatoms. The van der Waals surface area contributed by atoms with E-state index in [2.05, 4.69) is 4.98 Å². The number of esters is 1. The van der Waals surface area contributed by atoms with Crippen molar-refractivity contribution >= 4 is 34.5 Å². The molecule has 1 heterocycles. The van der Waals surface area contributed by atoms with Crippen molar-refractivity contribution in [3.05, 3.63) is 64.4 Å². The van der Waals surface area contributed by atoms with Gasteiger partial charge in [-0.3, -0.25) is 14.2 Å². The number of para-hydroxylation sites is 1. The van der Waals surface area contributed by atoms with Crippen molar-refractivity contribution in [1.29, 1.82) is 0 Å². The summed E-state index contributed by atoms with van der Waals surface area (Å²) >= 11 is 1.08. The molecule has 2 aromatic carbocycles. The van der Waals surface area contributed by atoms with E-state index in [0.29, 0.717) is 21.7 Å². The van der Waals surface area contributed by atoms with Crippen LogP contribution in [0, 0.1) is 0 Å². The Bertz CT molecular complexity index is 1080. The first-order valence-corrected chi connectivity index (χ1v) is 8.97. The van der Waals surface area contributed by atoms with Gasteiger partial charge in [-0.05, 0) is 37.3 Å². The first-order chi connectivity index (χ1) is 12.9. The number of ether oxygens (including phenoxy) is 1. The van der Waals surface area contributed by atoms with Crippen LogP contribution >= 0.6 is 11.8 Å². The lowest BCUT2D eigenvalue weighted by molar-refractivity contribution is -0.117. The van der Waals surface area contributed by atoms with Gasteiger partial charge in [0.2, 0.25) is 5.91 Å². The summed E-state index contributed by atoms with van der Waals surface area (Å²) in [6, 6.07) is 13.6. The van der Waals surface area contributed by atoms with Crippen LogP contribution in [0.1, 0.15) is 17.3 Å². The maximum atomic E-state index is 13.1. The molecule has 0 radical (unpaired) electrons. The predicted octanol–water partition coefficient (Wildman–Crippen LogP) is 2.14. The predicted molar refractivity (Wildman–Crippen MR) is 103 cm³/mol. The monoisotopic (exact) mass is 383 g/mol. The summed E-state index contributed by atoms with van der Waals surface area (Å²) in [7, 11) is 1.28. The molecule has 0 fully saturated rings. The first-order valence-electron chi connectivity index (χ1n) is 8.09. The highest BCUT2D eigenvalue weighted by Gasteiger charge is 2.19. The lowest BCUT2D eigenvalue weighted by Gasteiger charge is -2.15. The molecule has 27 heavy (non-hydrogen) atoms. The Labute approximate surface area is 159 Å². The zero-order chi connectivity index (χ0) is 19.6. The Hall–Kier alpha value is -3.13. The molecule has 1 atom stereocenters. The number of thioether (sulfide) groups is 1. The van der Waals surface area contributed by atoms with E-state index in [-0.39, 0.29) is 11.1 Å². The second-order valence-electron chi connectivity index (χ2n) is 5.76.